The first kappa shape index (κ1) is 18.9. The van der Waals surface area contributed by atoms with E-state index in [1.54, 1.807) is 27.7 Å². The summed E-state index contributed by atoms with van der Waals surface area (Å²) in [5.74, 6) is -2.03. The van der Waals surface area contributed by atoms with Crippen molar-refractivity contribution in [2.75, 3.05) is 0 Å². The third-order valence-electron chi connectivity index (χ3n) is 3.78. The number of esters is 1. The van der Waals surface area contributed by atoms with Crippen molar-refractivity contribution in [3.63, 3.8) is 0 Å². The standard InChI is InChI=1S/C18H25NO4/c1-5-18(16(21)22,12-11-13-9-7-6-8-10-13)14(19)15(20)23-17(2,3)4/h6-10,19H,5,11-12H2,1-4H3,(H,21,22)/t18-/m1/s1. The number of aryl methyl sites for hydroxylation is 1. The number of carboxylic acid groups (broad SMARTS) is 1. The first-order valence-corrected chi connectivity index (χ1v) is 7.72. The highest BCUT2D eigenvalue weighted by Crippen LogP contribution is 2.31. The van der Waals surface area contributed by atoms with E-state index in [4.69, 9.17) is 10.1 Å². The van der Waals surface area contributed by atoms with E-state index in [1.165, 1.54) is 0 Å². The fourth-order valence-electron chi connectivity index (χ4n) is 2.37. The molecule has 2 N–H and O–H groups in total. The van der Waals surface area contributed by atoms with Crippen molar-refractivity contribution in [2.45, 2.75) is 52.6 Å². The van der Waals surface area contributed by atoms with E-state index in [-0.39, 0.29) is 12.8 Å². The van der Waals surface area contributed by atoms with Gasteiger partial charge in [-0.1, -0.05) is 37.3 Å². The molecule has 0 radical (unpaired) electrons. The molecule has 0 aromatic heterocycles. The van der Waals surface area contributed by atoms with E-state index in [0.717, 1.165) is 5.56 Å². The lowest BCUT2D eigenvalue weighted by molar-refractivity contribution is -0.152. The second-order valence-electron chi connectivity index (χ2n) is 6.60. The molecule has 0 amide bonds. The molecular weight excluding hydrogens is 294 g/mol. The number of aliphatic carboxylic acids is 1. The normalized spacial score (nSPS) is 13.9. The summed E-state index contributed by atoms with van der Waals surface area (Å²) in [7, 11) is 0. The van der Waals surface area contributed by atoms with Crippen molar-refractivity contribution in [1.29, 1.82) is 5.41 Å². The fourth-order valence-corrected chi connectivity index (χ4v) is 2.37. The highest BCUT2D eigenvalue weighted by Gasteiger charge is 2.45. The molecule has 5 heteroatoms. The van der Waals surface area contributed by atoms with Gasteiger partial charge in [0.1, 0.15) is 16.7 Å². The third kappa shape index (κ3) is 4.91. The average Bonchev–Trinajstić information content (AvgIpc) is 2.47. The average molecular weight is 319 g/mol. The Morgan fingerprint density at radius 1 is 1.17 bits per heavy atom. The number of carbonyl (C=O) groups excluding carboxylic acids is 1. The third-order valence-corrected chi connectivity index (χ3v) is 3.78. The molecular formula is C18H25NO4. The van der Waals surface area contributed by atoms with Crippen LogP contribution in [0.2, 0.25) is 0 Å². The SMILES string of the molecule is CC[C@@](CCc1ccccc1)(C(=N)C(=O)OC(C)(C)C)C(=O)O. The molecule has 0 saturated heterocycles. The van der Waals surface area contributed by atoms with Crippen LogP contribution in [-0.2, 0) is 20.7 Å². The Hall–Kier alpha value is -2.17. The van der Waals surface area contributed by atoms with Gasteiger partial charge in [0.2, 0.25) is 0 Å². The van der Waals surface area contributed by atoms with Gasteiger partial charge >= 0.3 is 11.9 Å². The van der Waals surface area contributed by atoms with Crippen LogP contribution in [0.4, 0.5) is 0 Å². The van der Waals surface area contributed by atoms with E-state index in [1.807, 2.05) is 30.3 Å². The van der Waals surface area contributed by atoms with Crippen LogP contribution in [0, 0.1) is 10.8 Å². The van der Waals surface area contributed by atoms with Crippen LogP contribution < -0.4 is 0 Å². The molecule has 1 atom stereocenters. The first-order chi connectivity index (χ1) is 10.6. The first-order valence-electron chi connectivity index (χ1n) is 7.72. The molecule has 0 unspecified atom stereocenters. The van der Waals surface area contributed by atoms with Gasteiger partial charge in [0.15, 0.2) is 0 Å². The van der Waals surface area contributed by atoms with Crippen molar-refractivity contribution in [2.24, 2.45) is 5.41 Å². The zero-order valence-electron chi connectivity index (χ0n) is 14.2. The number of rotatable bonds is 7. The van der Waals surface area contributed by atoms with Gasteiger partial charge in [-0.3, -0.25) is 10.2 Å². The lowest BCUT2D eigenvalue weighted by Gasteiger charge is -2.29. The van der Waals surface area contributed by atoms with Gasteiger partial charge in [0, 0.05) is 0 Å². The largest absolute Gasteiger partial charge is 0.481 e. The minimum Gasteiger partial charge on any atom is -0.481 e. The summed E-state index contributed by atoms with van der Waals surface area (Å²) in [4.78, 5) is 24.0. The van der Waals surface area contributed by atoms with E-state index in [0.29, 0.717) is 6.42 Å². The van der Waals surface area contributed by atoms with Crippen LogP contribution in [0.3, 0.4) is 0 Å². The van der Waals surface area contributed by atoms with Crippen molar-refractivity contribution in [3.8, 4) is 0 Å². The Morgan fingerprint density at radius 3 is 2.17 bits per heavy atom. The van der Waals surface area contributed by atoms with Gasteiger partial charge in [-0.2, -0.15) is 0 Å². The van der Waals surface area contributed by atoms with Gasteiger partial charge < -0.3 is 9.84 Å². The summed E-state index contributed by atoms with van der Waals surface area (Å²) in [6.07, 6.45) is 0.820. The minimum atomic E-state index is -1.53. The molecule has 1 aromatic rings. The second kappa shape index (κ2) is 7.40. The topological polar surface area (TPSA) is 87.5 Å². The number of carboxylic acids is 1. The van der Waals surface area contributed by atoms with Gasteiger partial charge in [-0.25, -0.2) is 4.79 Å². The summed E-state index contributed by atoms with van der Waals surface area (Å²) < 4.78 is 5.18. The molecule has 0 aliphatic heterocycles. The quantitative estimate of drug-likeness (QED) is 0.595. The molecule has 0 aliphatic carbocycles. The monoisotopic (exact) mass is 319 g/mol. The maximum Gasteiger partial charge on any atom is 0.353 e. The summed E-state index contributed by atoms with van der Waals surface area (Å²) in [6, 6.07) is 9.45. The van der Waals surface area contributed by atoms with Crippen LogP contribution in [0.5, 0.6) is 0 Å². The van der Waals surface area contributed by atoms with E-state index >= 15 is 0 Å². The van der Waals surface area contributed by atoms with Crippen LogP contribution in [0.1, 0.15) is 46.1 Å². The number of benzene rings is 1. The molecule has 0 bridgehead atoms. The maximum atomic E-state index is 12.2. The molecule has 1 aromatic carbocycles. The number of hydrogen-bond donors (Lipinski definition) is 2. The van der Waals surface area contributed by atoms with Crippen LogP contribution >= 0.6 is 0 Å². The van der Waals surface area contributed by atoms with Crippen molar-refractivity contribution < 1.29 is 19.4 Å². The summed E-state index contributed by atoms with van der Waals surface area (Å²) in [6.45, 7) is 6.75. The summed E-state index contributed by atoms with van der Waals surface area (Å²) in [5.41, 5.74) is -1.80. The maximum absolute atomic E-state index is 12.2. The Morgan fingerprint density at radius 2 is 1.74 bits per heavy atom. The van der Waals surface area contributed by atoms with Crippen LogP contribution in [0.15, 0.2) is 30.3 Å². The predicted molar refractivity (Wildman–Crippen MR) is 88.7 cm³/mol. The Kier molecular flexibility index (Phi) is 6.07. The van der Waals surface area contributed by atoms with E-state index < -0.39 is 28.7 Å². The van der Waals surface area contributed by atoms with Crippen LogP contribution in [0.25, 0.3) is 0 Å². The molecule has 0 saturated carbocycles. The molecule has 23 heavy (non-hydrogen) atoms. The summed E-state index contributed by atoms with van der Waals surface area (Å²) in [5, 5.41) is 17.8. The van der Waals surface area contributed by atoms with Gasteiger partial charge in [0.25, 0.3) is 0 Å². The molecule has 0 heterocycles. The lowest BCUT2D eigenvalue weighted by Crippen LogP contribution is -2.45. The van der Waals surface area contributed by atoms with Crippen molar-refractivity contribution in [1.82, 2.24) is 0 Å². The molecule has 0 fully saturated rings. The number of ether oxygens (including phenoxy) is 1. The smallest absolute Gasteiger partial charge is 0.353 e. The Bertz CT molecular complexity index is 574. The molecule has 0 spiro atoms. The van der Waals surface area contributed by atoms with Crippen molar-refractivity contribution in [3.05, 3.63) is 35.9 Å². The minimum absolute atomic E-state index is 0.160. The number of hydrogen-bond acceptors (Lipinski definition) is 4. The van der Waals surface area contributed by atoms with Crippen molar-refractivity contribution >= 4 is 17.7 Å². The fraction of sp³-hybridized carbons (Fsp3) is 0.500. The second-order valence-corrected chi connectivity index (χ2v) is 6.60. The van der Waals surface area contributed by atoms with Gasteiger partial charge in [-0.05, 0) is 45.6 Å². The highest BCUT2D eigenvalue weighted by molar-refractivity contribution is 6.41. The molecule has 0 aliphatic rings. The lowest BCUT2D eigenvalue weighted by atomic mass is 9.75. The van der Waals surface area contributed by atoms with Gasteiger partial charge in [0.05, 0.1) is 0 Å². The van der Waals surface area contributed by atoms with Crippen LogP contribution in [-0.4, -0.2) is 28.4 Å². The van der Waals surface area contributed by atoms with Gasteiger partial charge in [-0.15, -0.1) is 0 Å². The highest BCUT2D eigenvalue weighted by atomic mass is 16.6. The predicted octanol–water partition coefficient (Wildman–Crippen LogP) is 3.46. The van der Waals surface area contributed by atoms with E-state index in [9.17, 15) is 14.7 Å². The zero-order chi connectivity index (χ0) is 17.7. The molecule has 126 valence electrons. The molecule has 5 nitrogen and oxygen atoms in total. The Labute approximate surface area is 137 Å². The number of carbonyl (C=O) groups is 2. The zero-order valence-corrected chi connectivity index (χ0v) is 14.2. The summed E-state index contributed by atoms with van der Waals surface area (Å²) >= 11 is 0. The Balaban J connectivity index is 3.00. The van der Waals surface area contributed by atoms with E-state index in [2.05, 4.69) is 0 Å². The molecule has 1 rings (SSSR count). The number of nitrogens with one attached hydrogen (secondary N) is 1.